The third-order valence-electron chi connectivity index (χ3n) is 3.68. The van der Waals surface area contributed by atoms with Crippen molar-refractivity contribution < 1.29 is 27.9 Å². The van der Waals surface area contributed by atoms with E-state index in [2.05, 4.69) is 0 Å². The Labute approximate surface area is 95.4 Å². The van der Waals surface area contributed by atoms with Gasteiger partial charge in [-0.2, -0.15) is 0 Å². The molecule has 1 heterocycles. The Morgan fingerprint density at radius 2 is 1.94 bits per heavy atom. The Morgan fingerprint density at radius 3 is 2.35 bits per heavy atom. The zero-order valence-corrected chi connectivity index (χ0v) is 9.12. The molecule has 3 unspecified atom stereocenters. The van der Waals surface area contributed by atoms with Gasteiger partial charge < -0.3 is 10.0 Å². The van der Waals surface area contributed by atoms with Crippen molar-refractivity contribution in [2.24, 2.45) is 5.41 Å². The second kappa shape index (κ2) is 3.36. The second-order valence-electron chi connectivity index (χ2n) is 4.68. The Bertz CT molecular complexity index is 387. The van der Waals surface area contributed by atoms with Crippen LogP contribution < -0.4 is 0 Å². The number of nitrogens with zero attached hydrogens (tertiary/aromatic N) is 1. The lowest BCUT2D eigenvalue weighted by Crippen LogP contribution is -2.45. The summed E-state index contributed by atoms with van der Waals surface area (Å²) in [6.07, 6.45) is -1.86. The summed E-state index contributed by atoms with van der Waals surface area (Å²) in [5.41, 5.74) is -2.38. The highest BCUT2D eigenvalue weighted by Gasteiger charge is 2.84. The number of halogens is 3. The van der Waals surface area contributed by atoms with Crippen molar-refractivity contribution in [1.29, 1.82) is 0 Å². The van der Waals surface area contributed by atoms with E-state index >= 15 is 0 Å². The van der Waals surface area contributed by atoms with Gasteiger partial charge in [0.1, 0.15) is 11.5 Å². The van der Waals surface area contributed by atoms with E-state index in [0.717, 1.165) is 11.8 Å². The van der Waals surface area contributed by atoms with Gasteiger partial charge in [-0.15, -0.1) is 0 Å². The highest BCUT2D eigenvalue weighted by Crippen LogP contribution is 2.63. The molecule has 2 fully saturated rings. The van der Waals surface area contributed by atoms with Crippen LogP contribution >= 0.6 is 0 Å². The van der Waals surface area contributed by atoms with Gasteiger partial charge in [-0.25, -0.2) is 18.0 Å². The van der Waals surface area contributed by atoms with Crippen molar-refractivity contribution >= 4 is 11.9 Å². The number of alkyl halides is 3. The second-order valence-corrected chi connectivity index (χ2v) is 4.68. The third-order valence-corrected chi connectivity index (χ3v) is 3.68. The lowest BCUT2D eigenvalue weighted by atomic mass is 10.1. The summed E-state index contributed by atoms with van der Waals surface area (Å²) in [4.78, 5) is 23.5. The first kappa shape index (κ1) is 12.2. The number of carboxylic acid groups (broad SMARTS) is 1. The molecule has 7 heteroatoms. The quantitative estimate of drug-likeness (QED) is 0.798. The molecule has 1 aliphatic carbocycles. The van der Waals surface area contributed by atoms with Crippen LogP contribution in [0.2, 0.25) is 0 Å². The predicted molar refractivity (Wildman–Crippen MR) is 50.3 cm³/mol. The zero-order valence-electron chi connectivity index (χ0n) is 9.12. The van der Waals surface area contributed by atoms with Gasteiger partial charge in [-0.05, 0) is 19.8 Å². The number of hydrogen-bond donors (Lipinski definition) is 1. The highest BCUT2D eigenvalue weighted by molar-refractivity contribution is 5.92. The lowest BCUT2D eigenvalue weighted by molar-refractivity contribution is -0.152. The Morgan fingerprint density at radius 1 is 1.41 bits per heavy atom. The standard InChI is InChI=1S/C10H12F3NO3/c1-9(7(11)10(9,12)13)8(17)14-4-2-3-5(14)6(15)16/h5,7H,2-4H2,1H3,(H,15,16). The van der Waals surface area contributed by atoms with E-state index in [0.29, 0.717) is 6.42 Å². The van der Waals surface area contributed by atoms with Gasteiger partial charge in [0.15, 0.2) is 6.17 Å². The molecule has 0 aromatic carbocycles. The minimum Gasteiger partial charge on any atom is -0.480 e. The van der Waals surface area contributed by atoms with Crippen molar-refractivity contribution in [2.75, 3.05) is 6.54 Å². The molecule has 1 saturated heterocycles. The number of likely N-dealkylation sites (tertiary alicyclic amines) is 1. The highest BCUT2D eigenvalue weighted by atomic mass is 19.3. The van der Waals surface area contributed by atoms with Gasteiger partial charge in [0.25, 0.3) is 5.92 Å². The fourth-order valence-corrected chi connectivity index (χ4v) is 2.30. The van der Waals surface area contributed by atoms with E-state index in [1.807, 2.05) is 0 Å². The van der Waals surface area contributed by atoms with E-state index in [9.17, 15) is 22.8 Å². The van der Waals surface area contributed by atoms with E-state index in [-0.39, 0.29) is 13.0 Å². The molecule has 1 aliphatic heterocycles. The number of aliphatic carboxylic acids is 1. The predicted octanol–water partition coefficient (Wildman–Crippen LogP) is 1.06. The molecule has 0 aromatic heterocycles. The lowest BCUT2D eigenvalue weighted by Gasteiger charge is -2.24. The van der Waals surface area contributed by atoms with E-state index < -0.39 is 35.4 Å². The number of carbonyl (C=O) groups excluding carboxylic acids is 1. The van der Waals surface area contributed by atoms with Gasteiger partial charge in [-0.1, -0.05) is 0 Å². The Hall–Kier alpha value is -1.27. The minimum absolute atomic E-state index is 0.0915. The maximum Gasteiger partial charge on any atom is 0.326 e. The topological polar surface area (TPSA) is 57.6 Å². The average molecular weight is 251 g/mol. The molecule has 2 aliphatic rings. The molecule has 17 heavy (non-hydrogen) atoms. The summed E-state index contributed by atoms with van der Waals surface area (Å²) >= 11 is 0. The molecular formula is C10H12F3NO3. The molecule has 0 bridgehead atoms. The summed E-state index contributed by atoms with van der Waals surface area (Å²) in [5, 5.41) is 8.84. The maximum atomic E-state index is 13.0. The third kappa shape index (κ3) is 1.37. The van der Waals surface area contributed by atoms with Crippen molar-refractivity contribution in [3.63, 3.8) is 0 Å². The van der Waals surface area contributed by atoms with Gasteiger partial charge in [0.2, 0.25) is 5.91 Å². The van der Waals surface area contributed by atoms with E-state index in [1.54, 1.807) is 0 Å². The molecular weight excluding hydrogens is 239 g/mol. The minimum atomic E-state index is -3.68. The van der Waals surface area contributed by atoms with Crippen LogP contribution in [0.5, 0.6) is 0 Å². The summed E-state index contributed by atoms with van der Waals surface area (Å²) in [6.45, 7) is 0.936. The van der Waals surface area contributed by atoms with Gasteiger partial charge in [0.05, 0.1) is 0 Å². The first-order chi connectivity index (χ1) is 7.74. The number of carbonyl (C=O) groups is 2. The summed E-state index contributed by atoms with van der Waals surface area (Å²) < 4.78 is 39.1. The first-order valence-corrected chi connectivity index (χ1v) is 5.30. The van der Waals surface area contributed by atoms with Crippen LogP contribution in [0.3, 0.4) is 0 Å². The largest absolute Gasteiger partial charge is 0.480 e. The summed E-state index contributed by atoms with van der Waals surface area (Å²) in [6, 6.07) is -1.11. The fourth-order valence-electron chi connectivity index (χ4n) is 2.30. The smallest absolute Gasteiger partial charge is 0.326 e. The van der Waals surface area contributed by atoms with Crippen molar-refractivity contribution in [3.8, 4) is 0 Å². The average Bonchev–Trinajstić information content (AvgIpc) is 2.66. The van der Waals surface area contributed by atoms with Crippen LogP contribution in [0.15, 0.2) is 0 Å². The van der Waals surface area contributed by atoms with Crippen molar-refractivity contribution in [1.82, 2.24) is 4.90 Å². The molecule has 0 radical (unpaired) electrons. The van der Waals surface area contributed by atoms with Crippen molar-refractivity contribution in [2.45, 2.75) is 37.9 Å². The van der Waals surface area contributed by atoms with E-state index in [4.69, 9.17) is 5.11 Å². The molecule has 4 nitrogen and oxygen atoms in total. The normalized spacial score (nSPS) is 39.2. The number of rotatable bonds is 2. The monoisotopic (exact) mass is 251 g/mol. The molecule has 1 N–H and O–H groups in total. The van der Waals surface area contributed by atoms with Crippen LogP contribution in [0.4, 0.5) is 13.2 Å². The van der Waals surface area contributed by atoms with Gasteiger partial charge in [0, 0.05) is 6.54 Å². The molecule has 3 atom stereocenters. The fraction of sp³-hybridized carbons (Fsp3) is 0.800. The Balaban J connectivity index is 2.20. The SMILES string of the molecule is CC1(C(=O)N2CCCC2C(=O)O)C(F)C1(F)F. The van der Waals surface area contributed by atoms with Crippen LogP contribution in [-0.4, -0.2) is 46.6 Å². The first-order valence-electron chi connectivity index (χ1n) is 5.30. The van der Waals surface area contributed by atoms with Gasteiger partial charge in [-0.3, -0.25) is 4.79 Å². The molecule has 0 aromatic rings. The van der Waals surface area contributed by atoms with E-state index in [1.165, 1.54) is 0 Å². The van der Waals surface area contributed by atoms with Crippen LogP contribution in [0.1, 0.15) is 19.8 Å². The molecule has 96 valence electrons. The zero-order chi connectivity index (χ0) is 13.0. The van der Waals surface area contributed by atoms with Crippen molar-refractivity contribution in [3.05, 3.63) is 0 Å². The molecule has 2 rings (SSSR count). The number of hydrogen-bond acceptors (Lipinski definition) is 2. The van der Waals surface area contributed by atoms with Crippen LogP contribution in [-0.2, 0) is 9.59 Å². The van der Waals surface area contributed by atoms with Gasteiger partial charge >= 0.3 is 5.97 Å². The van der Waals surface area contributed by atoms with Crippen LogP contribution in [0.25, 0.3) is 0 Å². The maximum absolute atomic E-state index is 13.0. The molecule has 1 saturated carbocycles. The number of amides is 1. The molecule has 1 amide bonds. The number of carboxylic acids is 1. The molecule has 0 spiro atoms. The summed E-state index contributed by atoms with van der Waals surface area (Å²) in [5.74, 6) is -6.02. The Kier molecular flexibility index (Phi) is 2.41. The van der Waals surface area contributed by atoms with Crippen LogP contribution in [0, 0.1) is 5.41 Å². The summed E-state index contributed by atoms with van der Waals surface area (Å²) in [7, 11) is 0.